The van der Waals surface area contributed by atoms with Crippen LogP contribution in [0.3, 0.4) is 0 Å². The molecule has 2 amide bonds. The molecule has 2 rings (SSSR count). The number of carbonyl (C=O) groups excluding carboxylic acids is 2. The summed E-state index contributed by atoms with van der Waals surface area (Å²) in [4.78, 5) is 26.0. The summed E-state index contributed by atoms with van der Waals surface area (Å²) < 4.78 is 0. The summed E-state index contributed by atoms with van der Waals surface area (Å²) in [6.45, 7) is 9.76. The van der Waals surface area contributed by atoms with E-state index in [-0.39, 0.29) is 11.8 Å². The first-order chi connectivity index (χ1) is 16.5. The molecule has 34 heavy (non-hydrogen) atoms. The summed E-state index contributed by atoms with van der Waals surface area (Å²) in [5.74, 6) is 2.34. The van der Waals surface area contributed by atoms with Crippen LogP contribution >= 0.6 is 0 Å². The Labute approximate surface area is 210 Å². The predicted molar refractivity (Wildman–Crippen MR) is 144 cm³/mol. The summed E-state index contributed by atoms with van der Waals surface area (Å²) in [7, 11) is 0. The van der Waals surface area contributed by atoms with Gasteiger partial charge < -0.3 is 0 Å². The van der Waals surface area contributed by atoms with E-state index >= 15 is 0 Å². The van der Waals surface area contributed by atoms with Crippen LogP contribution in [0.2, 0.25) is 0 Å². The van der Waals surface area contributed by atoms with Gasteiger partial charge in [0.05, 0.1) is 0 Å². The average molecular weight is 470 g/mol. The molecule has 0 aromatic heterocycles. The van der Waals surface area contributed by atoms with Crippen LogP contribution in [0.5, 0.6) is 0 Å². The molecule has 3 nitrogen and oxygen atoms in total. The number of amides is 2. The lowest BCUT2D eigenvalue weighted by atomic mass is 9.64. The Balaban J connectivity index is 2.13. The second kappa shape index (κ2) is 16.1. The Morgan fingerprint density at radius 1 is 0.853 bits per heavy atom. The number of hydrogen-bond acceptors (Lipinski definition) is 2. The molecule has 192 valence electrons. The fraction of sp³-hybridized carbons (Fsp3) is 0.742. The van der Waals surface area contributed by atoms with Crippen LogP contribution in [0.25, 0.3) is 0 Å². The number of hydrogen-bond donors (Lipinski definition) is 0. The van der Waals surface area contributed by atoms with E-state index in [0.717, 1.165) is 25.7 Å². The second-order valence-electron chi connectivity index (χ2n) is 10.7. The van der Waals surface area contributed by atoms with E-state index in [0.29, 0.717) is 36.1 Å². The predicted octanol–water partition coefficient (Wildman–Crippen LogP) is 8.27. The first-order valence-electron chi connectivity index (χ1n) is 14.4. The van der Waals surface area contributed by atoms with Crippen LogP contribution in [0.1, 0.15) is 111 Å². The number of unbranched alkanes of at least 4 members (excludes halogenated alkanes) is 7. The molecule has 5 unspecified atom stereocenters. The molecular weight excluding hydrogens is 418 g/mol. The highest BCUT2D eigenvalue weighted by Crippen LogP contribution is 2.43. The Hall–Kier alpha value is -1.64. The van der Waals surface area contributed by atoms with Gasteiger partial charge in [0.1, 0.15) is 0 Å². The van der Waals surface area contributed by atoms with Gasteiger partial charge in [0.25, 0.3) is 11.8 Å². The van der Waals surface area contributed by atoms with Gasteiger partial charge in [-0.25, -0.2) is 0 Å². The van der Waals surface area contributed by atoms with Crippen molar-refractivity contribution < 1.29 is 9.59 Å². The summed E-state index contributed by atoms with van der Waals surface area (Å²) in [6.07, 6.45) is 28.8. The van der Waals surface area contributed by atoms with E-state index in [9.17, 15) is 9.59 Å². The van der Waals surface area contributed by atoms with Gasteiger partial charge >= 0.3 is 0 Å². The number of imide groups is 1. The van der Waals surface area contributed by atoms with E-state index in [1.807, 2.05) is 0 Å². The molecule has 0 aromatic carbocycles. The Bertz CT molecular complexity index is 674. The minimum Gasteiger partial charge on any atom is -0.275 e. The average Bonchev–Trinajstić information content (AvgIpc) is 3.15. The normalized spacial score (nSPS) is 25.7. The lowest BCUT2D eigenvalue weighted by Gasteiger charge is -2.42. The van der Waals surface area contributed by atoms with Crippen molar-refractivity contribution in [2.75, 3.05) is 6.54 Å². The van der Waals surface area contributed by atoms with E-state index in [1.54, 1.807) is 0 Å². The van der Waals surface area contributed by atoms with E-state index < -0.39 is 0 Å². The summed E-state index contributed by atoms with van der Waals surface area (Å²) in [5.41, 5.74) is 0. The SMILES string of the molecule is CCCCC/C=C/CC1C(CCCCCC)C=CC(C(CCCC)CN2C(=O)C=CC2=O)C1C. The summed E-state index contributed by atoms with van der Waals surface area (Å²) >= 11 is 0. The van der Waals surface area contributed by atoms with Crippen LogP contribution in [0, 0.1) is 29.6 Å². The van der Waals surface area contributed by atoms with Crippen molar-refractivity contribution >= 4 is 11.8 Å². The molecule has 0 aromatic rings. The smallest absolute Gasteiger partial charge is 0.253 e. The summed E-state index contributed by atoms with van der Waals surface area (Å²) in [6, 6.07) is 0. The van der Waals surface area contributed by atoms with Crippen LogP contribution in [-0.4, -0.2) is 23.3 Å². The minimum atomic E-state index is -0.140. The maximum absolute atomic E-state index is 12.3. The fourth-order valence-corrected chi connectivity index (χ4v) is 5.96. The standard InChI is InChI=1S/C31H51NO2/c1-5-8-11-13-14-16-19-28-25(4)29(21-20-26(28)18-15-12-9-6-2)27(17-10-7-3)24-32-30(33)22-23-31(32)34/h14,16,20-23,25-29H,5-13,15,17-19,24H2,1-4H3/b16-14+. The molecule has 0 bridgehead atoms. The van der Waals surface area contributed by atoms with Crippen LogP contribution in [0.15, 0.2) is 36.5 Å². The van der Waals surface area contributed by atoms with E-state index in [2.05, 4.69) is 52.0 Å². The minimum absolute atomic E-state index is 0.140. The van der Waals surface area contributed by atoms with Crippen molar-refractivity contribution in [2.45, 2.75) is 111 Å². The summed E-state index contributed by atoms with van der Waals surface area (Å²) in [5, 5.41) is 0. The second-order valence-corrected chi connectivity index (χ2v) is 10.7. The molecule has 1 aliphatic heterocycles. The monoisotopic (exact) mass is 469 g/mol. The van der Waals surface area contributed by atoms with Crippen LogP contribution in [0.4, 0.5) is 0 Å². The molecular formula is C31H51NO2. The van der Waals surface area contributed by atoms with E-state index in [4.69, 9.17) is 0 Å². The number of rotatable bonds is 17. The number of nitrogens with zero attached hydrogens (tertiary/aromatic N) is 1. The molecule has 0 fully saturated rings. The molecule has 5 atom stereocenters. The van der Waals surface area contributed by atoms with Gasteiger partial charge in [0, 0.05) is 18.7 Å². The molecule has 0 saturated carbocycles. The Kier molecular flexibility index (Phi) is 13.5. The van der Waals surface area contributed by atoms with Gasteiger partial charge in [-0.3, -0.25) is 14.5 Å². The zero-order valence-electron chi connectivity index (χ0n) is 22.5. The first kappa shape index (κ1) is 28.6. The third kappa shape index (κ3) is 8.86. The zero-order chi connectivity index (χ0) is 24.8. The van der Waals surface area contributed by atoms with Crippen molar-refractivity contribution in [2.24, 2.45) is 29.6 Å². The molecule has 1 heterocycles. The zero-order valence-corrected chi connectivity index (χ0v) is 22.5. The van der Waals surface area contributed by atoms with Crippen LogP contribution in [-0.2, 0) is 9.59 Å². The maximum atomic E-state index is 12.3. The third-order valence-corrected chi connectivity index (χ3v) is 8.14. The Morgan fingerprint density at radius 2 is 1.53 bits per heavy atom. The van der Waals surface area contributed by atoms with Gasteiger partial charge in [-0.2, -0.15) is 0 Å². The van der Waals surface area contributed by atoms with Crippen molar-refractivity contribution in [3.05, 3.63) is 36.5 Å². The van der Waals surface area contributed by atoms with Gasteiger partial charge in [0.2, 0.25) is 0 Å². The van der Waals surface area contributed by atoms with Crippen molar-refractivity contribution in [3.8, 4) is 0 Å². The largest absolute Gasteiger partial charge is 0.275 e. The fourth-order valence-electron chi connectivity index (χ4n) is 5.96. The maximum Gasteiger partial charge on any atom is 0.253 e. The van der Waals surface area contributed by atoms with Gasteiger partial charge in [-0.05, 0) is 61.7 Å². The van der Waals surface area contributed by atoms with E-state index in [1.165, 1.54) is 74.8 Å². The van der Waals surface area contributed by atoms with Crippen LogP contribution < -0.4 is 0 Å². The van der Waals surface area contributed by atoms with Crippen molar-refractivity contribution in [1.29, 1.82) is 0 Å². The first-order valence-corrected chi connectivity index (χ1v) is 14.4. The molecule has 0 radical (unpaired) electrons. The molecule has 0 N–H and O–H groups in total. The quantitative estimate of drug-likeness (QED) is 0.122. The lowest BCUT2D eigenvalue weighted by Crippen LogP contribution is -2.41. The molecule has 1 aliphatic carbocycles. The number of carbonyl (C=O) groups is 2. The third-order valence-electron chi connectivity index (χ3n) is 8.14. The highest BCUT2D eigenvalue weighted by atomic mass is 16.2. The molecule has 0 spiro atoms. The molecule has 2 aliphatic rings. The van der Waals surface area contributed by atoms with Crippen molar-refractivity contribution in [1.82, 2.24) is 4.90 Å². The highest BCUT2D eigenvalue weighted by Gasteiger charge is 2.38. The van der Waals surface area contributed by atoms with Crippen molar-refractivity contribution in [3.63, 3.8) is 0 Å². The lowest BCUT2D eigenvalue weighted by molar-refractivity contribution is -0.138. The molecule has 0 saturated heterocycles. The van der Waals surface area contributed by atoms with Gasteiger partial charge in [-0.15, -0.1) is 0 Å². The van der Waals surface area contributed by atoms with Gasteiger partial charge in [-0.1, -0.05) is 103 Å². The topological polar surface area (TPSA) is 37.4 Å². The van der Waals surface area contributed by atoms with Gasteiger partial charge in [0.15, 0.2) is 0 Å². The highest BCUT2D eigenvalue weighted by molar-refractivity contribution is 6.12. The molecule has 3 heteroatoms. The number of allylic oxidation sites excluding steroid dienone is 4. The Morgan fingerprint density at radius 3 is 2.21 bits per heavy atom.